The maximum absolute atomic E-state index is 12.3. The molecule has 0 radical (unpaired) electrons. The standard InChI is InChI=1S/C16H19ClN2O3/c1-2-18(11-12-4-3-5-13(17)10-12)14(20)8-9-19-15(21)6-7-16(19)22/h3-5,10H,2,6-9,11H2,1H3. The van der Waals surface area contributed by atoms with Crippen LogP contribution in [0.1, 0.15) is 31.7 Å². The molecule has 118 valence electrons. The van der Waals surface area contributed by atoms with Crippen LogP contribution in [-0.4, -0.2) is 40.6 Å². The molecule has 1 aromatic carbocycles. The van der Waals surface area contributed by atoms with Crippen molar-refractivity contribution in [2.45, 2.75) is 32.7 Å². The molecule has 1 fully saturated rings. The Labute approximate surface area is 134 Å². The summed E-state index contributed by atoms with van der Waals surface area (Å²) in [4.78, 5) is 38.2. The quantitative estimate of drug-likeness (QED) is 0.755. The van der Waals surface area contributed by atoms with Gasteiger partial charge >= 0.3 is 0 Å². The molecule has 1 heterocycles. The molecule has 0 aromatic heterocycles. The van der Waals surface area contributed by atoms with Gasteiger partial charge in [0.15, 0.2) is 0 Å². The molecular weight excluding hydrogens is 304 g/mol. The van der Waals surface area contributed by atoms with E-state index in [-0.39, 0.29) is 43.5 Å². The summed E-state index contributed by atoms with van der Waals surface area (Å²) >= 11 is 5.95. The molecule has 0 unspecified atom stereocenters. The number of hydrogen-bond acceptors (Lipinski definition) is 3. The molecule has 1 saturated heterocycles. The molecule has 0 atom stereocenters. The molecule has 1 aliphatic rings. The lowest BCUT2D eigenvalue weighted by Gasteiger charge is -2.22. The molecular formula is C16H19ClN2O3. The molecule has 0 bridgehead atoms. The van der Waals surface area contributed by atoms with E-state index in [0.29, 0.717) is 18.1 Å². The van der Waals surface area contributed by atoms with Crippen LogP contribution in [0, 0.1) is 0 Å². The van der Waals surface area contributed by atoms with Crippen LogP contribution in [0.2, 0.25) is 5.02 Å². The van der Waals surface area contributed by atoms with E-state index in [2.05, 4.69) is 0 Å². The van der Waals surface area contributed by atoms with Crippen LogP contribution in [0.5, 0.6) is 0 Å². The number of hydrogen-bond donors (Lipinski definition) is 0. The van der Waals surface area contributed by atoms with E-state index in [9.17, 15) is 14.4 Å². The van der Waals surface area contributed by atoms with Gasteiger partial charge in [0.2, 0.25) is 17.7 Å². The summed E-state index contributed by atoms with van der Waals surface area (Å²) < 4.78 is 0. The van der Waals surface area contributed by atoms with E-state index in [4.69, 9.17) is 11.6 Å². The predicted molar refractivity (Wildman–Crippen MR) is 83.1 cm³/mol. The number of imide groups is 1. The zero-order valence-electron chi connectivity index (χ0n) is 12.5. The Morgan fingerprint density at radius 3 is 2.55 bits per heavy atom. The zero-order valence-corrected chi connectivity index (χ0v) is 13.3. The van der Waals surface area contributed by atoms with Crippen LogP contribution >= 0.6 is 11.6 Å². The van der Waals surface area contributed by atoms with Crippen molar-refractivity contribution in [3.63, 3.8) is 0 Å². The van der Waals surface area contributed by atoms with Crippen molar-refractivity contribution in [3.05, 3.63) is 34.9 Å². The highest BCUT2D eigenvalue weighted by molar-refractivity contribution is 6.30. The molecule has 1 aliphatic heterocycles. The fraction of sp³-hybridized carbons (Fsp3) is 0.438. The van der Waals surface area contributed by atoms with Crippen LogP contribution < -0.4 is 0 Å². The smallest absolute Gasteiger partial charge is 0.229 e. The van der Waals surface area contributed by atoms with Crippen LogP contribution in [0.4, 0.5) is 0 Å². The normalized spacial score (nSPS) is 14.5. The van der Waals surface area contributed by atoms with E-state index in [0.717, 1.165) is 5.56 Å². The first-order valence-electron chi connectivity index (χ1n) is 7.36. The number of carbonyl (C=O) groups is 3. The lowest BCUT2D eigenvalue weighted by molar-refractivity contribution is -0.139. The van der Waals surface area contributed by atoms with E-state index in [1.165, 1.54) is 4.90 Å². The minimum atomic E-state index is -0.185. The lowest BCUT2D eigenvalue weighted by atomic mass is 10.2. The van der Waals surface area contributed by atoms with Crippen LogP contribution in [0.15, 0.2) is 24.3 Å². The van der Waals surface area contributed by atoms with Gasteiger partial charge in [0.05, 0.1) is 0 Å². The summed E-state index contributed by atoms with van der Waals surface area (Å²) in [7, 11) is 0. The molecule has 0 spiro atoms. The highest BCUT2D eigenvalue weighted by atomic mass is 35.5. The van der Waals surface area contributed by atoms with Crippen LogP contribution in [-0.2, 0) is 20.9 Å². The molecule has 0 N–H and O–H groups in total. The fourth-order valence-electron chi connectivity index (χ4n) is 2.47. The van der Waals surface area contributed by atoms with E-state index < -0.39 is 0 Å². The van der Waals surface area contributed by atoms with Crippen LogP contribution in [0.3, 0.4) is 0 Å². The summed E-state index contributed by atoms with van der Waals surface area (Å²) in [5, 5.41) is 0.634. The van der Waals surface area contributed by atoms with E-state index in [1.54, 1.807) is 11.0 Å². The van der Waals surface area contributed by atoms with Gasteiger partial charge < -0.3 is 4.90 Å². The second-order valence-corrected chi connectivity index (χ2v) is 5.66. The predicted octanol–water partition coefficient (Wildman–Crippen LogP) is 2.23. The summed E-state index contributed by atoms with van der Waals surface area (Å²) in [5.41, 5.74) is 0.955. The van der Waals surface area contributed by atoms with Crippen molar-refractivity contribution in [2.75, 3.05) is 13.1 Å². The first kappa shape index (κ1) is 16.5. The van der Waals surface area contributed by atoms with Crippen molar-refractivity contribution in [1.29, 1.82) is 0 Å². The summed E-state index contributed by atoms with van der Waals surface area (Å²) in [6.07, 6.45) is 0.673. The van der Waals surface area contributed by atoms with Gasteiger partial charge in [-0.3, -0.25) is 19.3 Å². The Bertz CT molecular complexity index is 573. The second-order valence-electron chi connectivity index (χ2n) is 5.23. The monoisotopic (exact) mass is 322 g/mol. The summed E-state index contributed by atoms with van der Waals surface area (Å²) in [5.74, 6) is -0.443. The second kappa shape index (κ2) is 7.40. The first-order chi connectivity index (χ1) is 10.5. The number of amides is 3. The minimum absolute atomic E-state index is 0.0741. The van der Waals surface area contributed by atoms with E-state index >= 15 is 0 Å². The van der Waals surface area contributed by atoms with Gasteiger partial charge in [-0.2, -0.15) is 0 Å². The van der Waals surface area contributed by atoms with Gasteiger partial charge in [-0.1, -0.05) is 23.7 Å². The van der Waals surface area contributed by atoms with Gasteiger partial charge in [-0.05, 0) is 24.6 Å². The molecule has 22 heavy (non-hydrogen) atoms. The summed E-state index contributed by atoms with van der Waals surface area (Å²) in [6.45, 7) is 3.10. The molecule has 5 nitrogen and oxygen atoms in total. The topological polar surface area (TPSA) is 57.7 Å². The number of rotatable bonds is 6. The molecule has 6 heteroatoms. The van der Waals surface area contributed by atoms with Gasteiger partial charge in [0.25, 0.3) is 0 Å². The zero-order chi connectivity index (χ0) is 16.1. The number of carbonyl (C=O) groups excluding carboxylic acids is 3. The average Bonchev–Trinajstić information content (AvgIpc) is 2.81. The Morgan fingerprint density at radius 1 is 1.27 bits per heavy atom. The Balaban J connectivity index is 1.91. The van der Waals surface area contributed by atoms with Gasteiger partial charge in [-0.25, -0.2) is 0 Å². The molecule has 0 saturated carbocycles. The maximum Gasteiger partial charge on any atom is 0.229 e. The molecule has 0 aliphatic carbocycles. The largest absolute Gasteiger partial charge is 0.339 e. The molecule has 2 rings (SSSR count). The highest BCUT2D eigenvalue weighted by Crippen LogP contribution is 2.15. The van der Waals surface area contributed by atoms with Crippen molar-refractivity contribution in [1.82, 2.24) is 9.80 Å². The van der Waals surface area contributed by atoms with Gasteiger partial charge in [0, 0.05) is 43.9 Å². The number of halogens is 1. The Kier molecular flexibility index (Phi) is 5.55. The lowest BCUT2D eigenvalue weighted by Crippen LogP contribution is -2.36. The van der Waals surface area contributed by atoms with Crippen molar-refractivity contribution >= 4 is 29.3 Å². The van der Waals surface area contributed by atoms with Gasteiger partial charge in [-0.15, -0.1) is 0 Å². The molecule has 1 aromatic rings. The maximum atomic E-state index is 12.3. The van der Waals surface area contributed by atoms with Crippen molar-refractivity contribution < 1.29 is 14.4 Å². The summed E-state index contributed by atoms with van der Waals surface area (Å²) in [6, 6.07) is 7.37. The van der Waals surface area contributed by atoms with Crippen molar-refractivity contribution in [2.24, 2.45) is 0 Å². The van der Waals surface area contributed by atoms with Crippen molar-refractivity contribution in [3.8, 4) is 0 Å². The van der Waals surface area contributed by atoms with E-state index in [1.807, 2.05) is 25.1 Å². The first-order valence-corrected chi connectivity index (χ1v) is 7.74. The fourth-order valence-corrected chi connectivity index (χ4v) is 2.68. The Hall–Kier alpha value is -1.88. The SMILES string of the molecule is CCN(Cc1cccc(Cl)c1)C(=O)CCN1C(=O)CCC1=O. The third kappa shape index (κ3) is 4.07. The number of nitrogens with zero attached hydrogens (tertiary/aromatic N) is 2. The number of benzene rings is 1. The average molecular weight is 323 g/mol. The van der Waals surface area contributed by atoms with Crippen LogP contribution in [0.25, 0.3) is 0 Å². The minimum Gasteiger partial charge on any atom is -0.339 e. The molecule has 3 amide bonds. The highest BCUT2D eigenvalue weighted by Gasteiger charge is 2.29. The Morgan fingerprint density at radius 2 is 1.95 bits per heavy atom. The third-order valence-electron chi connectivity index (χ3n) is 3.70. The number of likely N-dealkylation sites (tertiary alicyclic amines) is 1. The van der Waals surface area contributed by atoms with Gasteiger partial charge in [0.1, 0.15) is 0 Å². The third-order valence-corrected chi connectivity index (χ3v) is 3.94.